The lowest BCUT2D eigenvalue weighted by molar-refractivity contribution is -0.114. The highest BCUT2D eigenvalue weighted by molar-refractivity contribution is 5.98. The van der Waals surface area contributed by atoms with Crippen molar-refractivity contribution < 1.29 is 4.79 Å². The Morgan fingerprint density at radius 2 is 2.38 bits per heavy atom. The third-order valence-electron chi connectivity index (χ3n) is 1.49. The van der Waals surface area contributed by atoms with Crippen LogP contribution in [0.3, 0.4) is 0 Å². The van der Waals surface area contributed by atoms with Crippen LogP contribution < -0.4 is 5.73 Å². The van der Waals surface area contributed by atoms with Gasteiger partial charge in [-0.25, -0.2) is 0 Å². The van der Waals surface area contributed by atoms with Crippen molar-refractivity contribution in [2.75, 3.05) is 0 Å². The zero-order valence-corrected chi connectivity index (χ0v) is 4.68. The molecule has 44 valence electrons. The molecule has 0 aromatic carbocycles. The summed E-state index contributed by atoms with van der Waals surface area (Å²) in [5.41, 5.74) is 6.05. The van der Waals surface area contributed by atoms with Crippen molar-refractivity contribution in [2.45, 2.75) is 18.9 Å². The van der Waals surface area contributed by atoms with Crippen LogP contribution in [0.1, 0.15) is 12.8 Å². The molecule has 0 aliphatic heterocycles. The van der Waals surface area contributed by atoms with Gasteiger partial charge in [-0.1, -0.05) is 6.58 Å². The third-order valence-corrected chi connectivity index (χ3v) is 1.49. The van der Waals surface area contributed by atoms with Crippen molar-refractivity contribution in [2.24, 2.45) is 5.73 Å². The molecule has 1 unspecified atom stereocenters. The molecule has 1 aliphatic rings. The molecule has 1 fully saturated rings. The molecule has 2 N–H and O–H groups in total. The van der Waals surface area contributed by atoms with Crippen molar-refractivity contribution in [1.82, 2.24) is 0 Å². The van der Waals surface area contributed by atoms with Gasteiger partial charge in [-0.15, -0.1) is 0 Å². The molecule has 1 saturated carbocycles. The fourth-order valence-corrected chi connectivity index (χ4v) is 0.828. The Morgan fingerprint density at radius 1 is 1.75 bits per heavy atom. The van der Waals surface area contributed by atoms with Crippen molar-refractivity contribution in [3.8, 4) is 0 Å². The zero-order valence-electron chi connectivity index (χ0n) is 4.68. The maximum Gasteiger partial charge on any atom is 0.159 e. The van der Waals surface area contributed by atoms with Crippen molar-refractivity contribution in [3.63, 3.8) is 0 Å². The highest BCUT2D eigenvalue weighted by atomic mass is 16.1. The van der Waals surface area contributed by atoms with Gasteiger partial charge in [0.25, 0.3) is 0 Å². The monoisotopic (exact) mass is 111 g/mol. The lowest BCUT2D eigenvalue weighted by atomic mass is 10.2. The second kappa shape index (κ2) is 1.71. The number of Topliss-reactive ketones (excluding diaryl/α,β-unsaturated/α-hetero) is 1. The largest absolute Gasteiger partial charge is 0.324 e. The highest BCUT2D eigenvalue weighted by Crippen LogP contribution is 2.16. The molecule has 1 aliphatic carbocycles. The van der Waals surface area contributed by atoms with Gasteiger partial charge in [-0.05, 0) is 6.42 Å². The molecule has 1 rings (SSSR count). The Morgan fingerprint density at radius 3 is 2.50 bits per heavy atom. The summed E-state index contributed by atoms with van der Waals surface area (Å²) in [5, 5.41) is 0. The first-order valence-corrected chi connectivity index (χ1v) is 2.69. The van der Waals surface area contributed by atoms with Crippen LogP contribution >= 0.6 is 0 Å². The second-order valence-corrected chi connectivity index (χ2v) is 2.09. The highest BCUT2D eigenvalue weighted by Gasteiger charge is 2.22. The Kier molecular flexibility index (Phi) is 1.18. The number of ketones is 1. The van der Waals surface area contributed by atoms with E-state index in [2.05, 4.69) is 6.58 Å². The molecule has 0 aromatic rings. The summed E-state index contributed by atoms with van der Waals surface area (Å²) in [6, 6.07) is -0.0532. The molecule has 2 heteroatoms. The van der Waals surface area contributed by atoms with E-state index in [0.717, 1.165) is 6.42 Å². The minimum atomic E-state index is -0.0532. The summed E-state index contributed by atoms with van der Waals surface area (Å²) in [7, 11) is 0. The second-order valence-electron chi connectivity index (χ2n) is 2.09. The van der Waals surface area contributed by atoms with E-state index in [1.165, 1.54) is 0 Å². The Hall–Kier alpha value is -0.630. The molecule has 0 amide bonds. The van der Waals surface area contributed by atoms with Gasteiger partial charge in [-0.3, -0.25) is 4.79 Å². The van der Waals surface area contributed by atoms with E-state index in [-0.39, 0.29) is 11.8 Å². The number of nitrogens with two attached hydrogens (primary N) is 1. The molecule has 8 heavy (non-hydrogen) atoms. The van der Waals surface area contributed by atoms with Gasteiger partial charge in [0.2, 0.25) is 0 Å². The molecule has 0 spiro atoms. The van der Waals surface area contributed by atoms with Crippen LogP contribution in [0.5, 0.6) is 0 Å². The summed E-state index contributed by atoms with van der Waals surface area (Å²) in [6.45, 7) is 3.54. The van der Waals surface area contributed by atoms with E-state index >= 15 is 0 Å². The molecule has 0 heterocycles. The summed E-state index contributed by atoms with van der Waals surface area (Å²) in [4.78, 5) is 10.6. The predicted molar refractivity (Wildman–Crippen MR) is 31.4 cm³/mol. The maximum absolute atomic E-state index is 10.6. The number of carbonyl (C=O) groups is 1. The summed E-state index contributed by atoms with van der Waals surface area (Å²) in [5.74, 6) is 0.137. The minimum Gasteiger partial charge on any atom is -0.324 e. The third kappa shape index (κ3) is 0.670. The van der Waals surface area contributed by atoms with E-state index in [1.54, 1.807) is 0 Å². The van der Waals surface area contributed by atoms with E-state index in [1.807, 2.05) is 0 Å². The van der Waals surface area contributed by atoms with Crippen LogP contribution in [0.25, 0.3) is 0 Å². The fraction of sp³-hybridized carbons (Fsp3) is 0.500. The molecule has 0 aromatic heterocycles. The lowest BCUT2D eigenvalue weighted by Crippen LogP contribution is -2.17. The van der Waals surface area contributed by atoms with Crippen LogP contribution in [0.4, 0.5) is 0 Å². The van der Waals surface area contributed by atoms with Crippen molar-refractivity contribution >= 4 is 5.78 Å². The lowest BCUT2D eigenvalue weighted by Gasteiger charge is -1.96. The molecular formula is C6H9NO. The van der Waals surface area contributed by atoms with E-state index in [0.29, 0.717) is 12.0 Å². The minimum absolute atomic E-state index is 0.0532. The van der Waals surface area contributed by atoms with Gasteiger partial charge in [0, 0.05) is 18.0 Å². The number of hydrogen-bond donors (Lipinski definition) is 1. The molecular weight excluding hydrogens is 102 g/mol. The van der Waals surface area contributed by atoms with Gasteiger partial charge in [0.05, 0.1) is 0 Å². The first-order chi connectivity index (χ1) is 3.72. The van der Waals surface area contributed by atoms with Crippen LogP contribution in [0.15, 0.2) is 12.2 Å². The Labute approximate surface area is 48.4 Å². The van der Waals surface area contributed by atoms with Gasteiger partial charge >= 0.3 is 0 Å². The first-order valence-electron chi connectivity index (χ1n) is 2.69. The molecule has 0 saturated heterocycles. The van der Waals surface area contributed by atoms with Crippen LogP contribution in [0, 0.1) is 0 Å². The molecule has 0 bridgehead atoms. The van der Waals surface area contributed by atoms with Gasteiger partial charge in [0.1, 0.15) is 0 Å². The van der Waals surface area contributed by atoms with Crippen LogP contribution in [-0.4, -0.2) is 11.8 Å². The standard InChI is InChI=1S/C6H9NO/c1-4-5(7)2-3-6(4)8/h5H,1-3,7H2. The summed E-state index contributed by atoms with van der Waals surface area (Å²) >= 11 is 0. The number of rotatable bonds is 0. The van der Waals surface area contributed by atoms with Gasteiger partial charge in [0.15, 0.2) is 5.78 Å². The van der Waals surface area contributed by atoms with Gasteiger partial charge in [-0.2, -0.15) is 0 Å². The zero-order chi connectivity index (χ0) is 6.15. The molecule has 1 atom stereocenters. The normalized spacial score (nSPS) is 29.4. The van der Waals surface area contributed by atoms with Crippen molar-refractivity contribution in [3.05, 3.63) is 12.2 Å². The summed E-state index contributed by atoms with van der Waals surface area (Å²) < 4.78 is 0. The van der Waals surface area contributed by atoms with Gasteiger partial charge < -0.3 is 5.73 Å². The summed E-state index contributed by atoms with van der Waals surface area (Å²) in [6.07, 6.45) is 1.39. The quantitative estimate of drug-likeness (QED) is 0.455. The van der Waals surface area contributed by atoms with E-state index < -0.39 is 0 Å². The molecule has 2 nitrogen and oxygen atoms in total. The fourth-order valence-electron chi connectivity index (χ4n) is 0.828. The predicted octanol–water partition coefficient (Wildman–Crippen LogP) is 0.233. The van der Waals surface area contributed by atoms with Crippen LogP contribution in [-0.2, 0) is 4.79 Å². The van der Waals surface area contributed by atoms with Crippen LogP contribution in [0.2, 0.25) is 0 Å². The number of carbonyl (C=O) groups excluding carboxylic acids is 1. The first kappa shape index (κ1) is 5.51. The smallest absolute Gasteiger partial charge is 0.159 e. The SMILES string of the molecule is C=C1C(=O)CCC1N. The van der Waals surface area contributed by atoms with Crippen molar-refractivity contribution in [1.29, 1.82) is 0 Å². The van der Waals surface area contributed by atoms with E-state index in [9.17, 15) is 4.79 Å². The molecule has 0 radical (unpaired) electrons. The van der Waals surface area contributed by atoms with E-state index in [4.69, 9.17) is 5.73 Å². The topological polar surface area (TPSA) is 43.1 Å². The average molecular weight is 111 g/mol. The maximum atomic E-state index is 10.6. The average Bonchev–Trinajstić information content (AvgIpc) is 1.98. The number of hydrogen-bond acceptors (Lipinski definition) is 2. The Balaban J connectivity index is 2.71. The Bertz CT molecular complexity index is 139.